The number of rotatable bonds is 3. The molecule has 0 radical (unpaired) electrons. The van der Waals surface area contributed by atoms with Gasteiger partial charge in [0, 0.05) is 42.1 Å². The molecule has 0 aliphatic carbocycles. The number of allylic oxidation sites excluding steroid dienone is 1. The van der Waals surface area contributed by atoms with Crippen molar-refractivity contribution < 1.29 is 0 Å². The topological polar surface area (TPSA) is 77.0 Å². The molecule has 3 aromatic heterocycles. The van der Waals surface area contributed by atoms with E-state index < -0.39 is 0 Å². The normalized spacial score (nSPS) is 12.1. The second-order valence-electron chi connectivity index (χ2n) is 4.48. The Labute approximate surface area is 132 Å². The van der Waals surface area contributed by atoms with E-state index in [2.05, 4.69) is 19.9 Å². The number of nitrogens with two attached hydrogens (primary N) is 1. The van der Waals surface area contributed by atoms with Gasteiger partial charge < -0.3 is 5.73 Å². The van der Waals surface area contributed by atoms with Crippen LogP contribution in [0, 0.1) is 0 Å². The van der Waals surface area contributed by atoms with E-state index in [9.17, 15) is 0 Å². The van der Waals surface area contributed by atoms with Crippen LogP contribution in [0.15, 0.2) is 60.1 Å². The van der Waals surface area contributed by atoms with Crippen LogP contribution in [-0.2, 0) is 0 Å². The Balaban J connectivity index is 1.95. The van der Waals surface area contributed by atoms with Gasteiger partial charge in [0.2, 0.25) is 0 Å². The van der Waals surface area contributed by atoms with Gasteiger partial charge in [-0.1, -0.05) is 11.6 Å². The quantitative estimate of drug-likeness (QED) is 0.594. The average Bonchev–Trinajstić information content (AvgIpc) is 2.56. The molecule has 0 unspecified atom stereocenters. The third-order valence-electron chi connectivity index (χ3n) is 3.03. The van der Waals surface area contributed by atoms with E-state index in [0.717, 1.165) is 22.3 Å². The predicted molar refractivity (Wildman–Crippen MR) is 89.1 cm³/mol. The van der Waals surface area contributed by atoms with Crippen molar-refractivity contribution in [3.63, 3.8) is 0 Å². The zero-order chi connectivity index (χ0) is 15.4. The van der Waals surface area contributed by atoms with Gasteiger partial charge in [-0.25, -0.2) is 4.98 Å². The van der Waals surface area contributed by atoms with Gasteiger partial charge in [0.15, 0.2) is 0 Å². The van der Waals surface area contributed by atoms with Crippen molar-refractivity contribution in [1.29, 1.82) is 0 Å². The summed E-state index contributed by atoms with van der Waals surface area (Å²) in [5.41, 5.74) is 9.55. The fourth-order valence-electron chi connectivity index (χ4n) is 1.93. The molecule has 0 bridgehead atoms. The minimum Gasteiger partial charge on any atom is -0.404 e. The van der Waals surface area contributed by atoms with E-state index in [-0.39, 0.29) is 0 Å². The van der Waals surface area contributed by atoms with Crippen LogP contribution in [0.2, 0.25) is 5.15 Å². The highest BCUT2D eigenvalue weighted by Gasteiger charge is 2.03. The lowest BCUT2D eigenvalue weighted by Crippen LogP contribution is -1.94. The summed E-state index contributed by atoms with van der Waals surface area (Å²) >= 11 is 5.92. The Morgan fingerprint density at radius 1 is 1.14 bits per heavy atom. The first kappa shape index (κ1) is 14.2. The fourth-order valence-corrected chi connectivity index (χ4v) is 2.08. The minimum atomic E-state index is 0.426. The largest absolute Gasteiger partial charge is 0.404 e. The highest BCUT2D eigenvalue weighted by atomic mass is 35.5. The Bertz CT molecular complexity index is 859. The highest BCUT2D eigenvalue weighted by Crippen LogP contribution is 2.19. The molecule has 3 heterocycles. The van der Waals surface area contributed by atoms with E-state index in [4.69, 9.17) is 17.3 Å². The van der Waals surface area contributed by atoms with Gasteiger partial charge in [0.05, 0.1) is 16.7 Å². The van der Waals surface area contributed by atoms with Crippen LogP contribution in [0.1, 0.15) is 5.56 Å². The lowest BCUT2D eigenvalue weighted by Gasteiger charge is -2.03. The highest BCUT2D eigenvalue weighted by molar-refractivity contribution is 6.29. The van der Waals surface area contributed by atoms with Crippen LogP contribution in [0.5, 0.6) is 0 Å². The molecule has 108 valence electrons. The third kappa shape index (κ3) is 3.10. The molecule has 0 aliphatic rings. The molecule has 3 aromatic rings. The summed E-state index contributed by atoms with van der Waals surface area (Å²) in [6.45, 7) is 0. The molecule has 22 heavy (non-hydrogen) atoms. The smallest absolute Gasteiger partial charge is 0.129 e. The zero-order valence-corrected chi connectivity index (χ0v) is 12.3. The number of halogens is 1. The van der Waals surface area contributed by atoms with Crippen molar-refractivity contribution >= 4 is 40.1 Å². The summed E-state index contributed by atoms with van der Waals surface area (Å²) in [6.07, 6.45) is 8.26. The Hall–Kier alpha value is -2.79. The summed E-state index contributed by atoms with van der Waals surface area (Å²) in [4.78, 5) is 16.9. The third-order valence-corrected chi connectivity index (χ3v) is 3.24. The predicted octanol–water partition coefficient (Wildman–Crippen LogP) is 3.38. The average molecular weight is 310 g/mol. The molecule has 0 saturated carbocycles. The van der Waals surface area contributed by atoms with Gasteiger partial charge in [-0.2, -0.15) is 0 Å². The van der Waals surface area contributed by atoms with E-state index in [1.54, 1.807) is 30.9 Å². The molecule has 0 atom stereocenters. The van der Waals surface area contributed by atoms with Crippen LogP contribution >= 0.6 is 11.6 Å². The summed E-state index contributed by atoms with van der Waals surface area (Å²) < 4.78 is 0. The van der Waals surface area contributed by atoms with Crippen molar-refractivity contribution in [2.24, 2.45) is 10.7 Å². The number of hydrogen-bond acceptors (Lipinski definition) is 5. The van der Waals surface area contributed by atoms with Gasteiger partial charge in [-0.15, -0.1) is 0 Å². The molecule has 0 saturated heterocycles. The van der Waals surface area contributed by atoms with Crippen LogP contribution in [0.4, 0.5) is 5.69 Å². The number of hydrogen-bond donors (Lipinski definition) is 1. The van der Waals surface area contributed by atoms with Gasteiger partial charge in [-0.05, 0) is 30.3 Å². The maximum Gasteiger partial charge on any atom is 0.129 e. The second kappa shape index (κ2) is 6.32. The van der Waals surface area contributed by atoms with Crippen molar-refractivity contribution in [1.82, 2.24) is 15.0 Å². The Morgan fingerprint density at radius 3 is 2.73 bits per heavy atom. The number of aromatic nitrogens is 3. The van der Waals surface area contributed by atoms with E-state index in [0.29, 0.717) is 10.7 Å². The van der Waals surface area contributed by atoms with Gasteiger partial charge >= 0.3 is 0 Å². The van der Waals surface area contributed by atoms with E-state index in [1.165, 1.54) is 6.20 Å². The van der Waals surface area contributed by atoms with Gasteiger partial charge in [0.1, 0.15) is 5.15 Å². The molecule has 0 aliphatic heterocycles. The lowest BCUT2D eigenvalue weighted by atomic mass is 10.1. The van der Waals surface area contributed by atoms with Crippen LogP contribution in [0.3, 0.4) is 0 Å². The standard InChI is InChI=1S/C16H12ClN5/c17-16-2-1-14-15(22-16)7-11(9-21-14)12(8-18)10-20-13-3-5-19-6-4-13/h1-10H,18H2. The summed E-state index contributed by atoms with van der Waals surface area (Å²) in [5, 5.41) is 0.426. The first-order valence-electron chi connectivity index (χ1n) is 6.55. The molecule has 6 heteroatoms. The van der Waals surface area contributed by atoms with Crippen molar-refractivity contribution in [2.75, 3.05) is 0 Å². The summed E-state index contributed by atoms with van der Waals surface area (Å²) in [6, 6.07) is 9.03. The van der Waals surface area contributed by atoms with Gasteiger partial charge in [0.25, 0.3) is 0 Å². The first-order chi connectivity index (χ1) is 10.8. The number of fused-ring (bicyclic) bond motifs is 1. The van der Waals surface area contributed by atoms with Crippen LogP contribution in [0.25, 0.3) is 16.6 Å². The minimum absolute atomic E-state index is 0.426. The summed E-state index contributed by atoms with van der Waals surface area (Å²) in [7, 11) is 0. The monoisotopic (exact) mass is 309 g/mol. The van der Waals surface area contributed by atoms with E-state index >= 15 is 0 Å². The molecule has 5 nitrogen and oxygen atoms in total. The summed E-state index contributed by atoms with van der Waals surface area (Å²) in [5.74, 6) is 0. The second-order valence-corrected chi connectivity index (χ2v) is 4.87. The number of nitrogens with zero attached hydrogens (tertiary/aromatic N) is 4. The molecular weight excluding hydrogens is 298 g/mol. The fraction of sp³-hybridized carbons (Fsp3) is 0. The van der Waals surface area contributed by atoms with Crippen LogP contribution < -0.4 is 5.73 Å². The van der Waals surface area contributed by atoms with Crippen LogP contribution in [-0.4, -0.2) is 21.2 Å². The molecule has 0 amide bonds. The molecule has 0 aromatic carbocycles. The SMILES string of the molecule is NC=C(C=Nc1ccncc1)c1cnc2ccc(Cl)nc2c1. The maximum atomic E-state index is 5.92. The Kier molecular flexibility index (Phi) is 4.07. The first-order valence-corrected chi connectivity index (χ1v) is 6.93. The molecule has 3 rings (SSSR count). The molecule has 2 N–H and O–H groups in total. The lowest BCUT2D eigenvalue weighted by molar-refractivity contribution is 1.31. The molecule has 0 fully saturated rings. The van der Waals surface area contributed by atoms with Crippen molar-refractivity contribution in [3.05, 3.63) is 65.8 Å². The zero-order valence-electron chi connectivity index (χ0n) is 11.5. The molecular formula is C16H12ClN5. The van der Waals surface area contributed by atoms with Crippen molar-refractivity contribution in [3.8, 4) is 0 Å². The number of aliphatic imine (C=N–C) groups is 1. The Morgan fingerprint density at radius 2 is 1.95 bits per heavy atom. The molecule has 0 spiro atoms. The van der Waals surface area contributed by atoms with Crippen molar-refractivity contribution in [2.45, 2.75) is 0 Å². The van der Waals surface area contributed by atoms with E-state index in [1.807, 2.05) is 24.3 Å². The number of pyridine rings is 3. The van der Waals surface area contributed by atoms with Gasteiger partial charge in [-0.3, -0.25) is 15.0 Å². The maximum absolute atomic E-state index is 5.92.